The van der Waals surface area contributed by atoms with Crippen LogP contribution in [-0.2, 0) is 10.0 Å². The van der Waals surface area contributed by atoms with E-state index in [0.717, 1.165) is 11.3 Å². The van der Waals surface area contributed by atoms with Crippen molar-refractivity contribution >= 4 is 10.0 Å². The fraction of sp³-hybridized carbons (Fsp3) is 0.350. The molecule has 3 N–H and O–H groups in total. The van der Waals surface area contributed by atoms with Crippen LogP contribution in [0.4, 0.5) is 0 Å². The highest BCUT2D eigenvalue weighted by Crippen LogP contribution is 2.25. The third-order valence-corrected chi connectivity index (χ3v) is 6.57. The summed E-state index contributed by atoms with van der Waals surface area (Å²) < 4.78 is 28.4. The second-order valence-corrected chi connectivity index (χ2v) is 9.07. The van der Waals surface area contributed by atoms with Gasteiger partial charge in [-0.3, -0.25) is 9.97 Å². The van der Waals surface area contributed by atoms with Gasteiger partial charge in [-0.15, -0.1) is 0 Å². The van der Waals surface area contributed by atoms with Gasteiger partial charge < -0.3 is 10.1 Å². The fourth-order valence-corrected chi connectivity index (χ4v) is 4.78. The van der Waals surface area contributed by atoms with Gasteiger partial charge in [-0.1, -0.05) is 0 Å². The fourth-order valence-electron chi connectivity index (χ4n) is 3.49. The van der Waals surface area contributed by atoms with E-state index < -0.39 is 10.0 Å². The van der Waals surface area contributed by atoms with E-state index in [1.807, 2.05) is 19.1 Å². The number of nitrogens with one attached hydrogen (secondary N) is 2. The second kappa shape index (κ2) is 8.02. The van der Waals surface area contributed by atoms with Gasteiger partial charge >= 0.3 is 0 Å². The summed E-state index contributed by atoms with van der Waals surface area (Å²) in [6.07, 6.45) is 8.58. The number of aromatic amines is 1. The quantitative estimate of drug-likeness (QED) is 0.591. The first-order valence-corrected chi connectivity index (χ1v) is 11.0. The molecule has 0 aliphatic heterocycles. The van der Waals surface area contributed by atoms with Gasteiger partial charge in [0.1, 0.15) is 10.6 Å². The van der Waals surface area contributed by atoms with Crippen molar-refractivity contribution in [3.8, 4) is 22.6 Å². The largest absolute Gasteiger partial charge is 0.393 e. The summed E-state index contributed by atoms with van der Waals surface area (Å²) in [6, 6.07) is 5.10. The van der Waals surface area contributed by atoms with Gasteiger partial charge in [-0.2, -0.15) is 0 Å². The van der Waals surface area contributed by atoms with E-state index in [1.165, 1.54) is 6.20 Å². The van der Waals surface area contributed by atoms with Gasteiger partial charge in [-0.25, -0.2) is 18.1 Å². The minimum atomic E-state index is -3.70. The molecule has 0 radical (unpaired) electrons. The summed E-state index contributed by atoms with van der Waals surface area (Å²) in [4.78, 5) is 16.0. The second-order valence-electron chi connectivity index (χ2n) is 7.36. The summed E-state index contributed by atoms with van der Waals surface area (Å²) in [5.41, 5.74) is 3.01. The normalized spacial score (nSPS) is 19.9. The minimum Gasteiger partial charge on any atom is -0.393 e. The number of aromatic nitrogens is 4. The first-order chi connectivity index (χ1) is 13.9. The number of rotatable bonds is 5. The summed E-state index contributed by atoms with van der Waals surface area (Å²) >= 11 is 0. The van der Waals surface area contributed by atoms with Crippen LogP contribution >= 0.6 is 0 Å². The number of sulfonamides is 1. The molecule has 9 heteroatoms. The Labute approximate surface area is 169 Å². The third-order valence-electron chi connectivity index (χ3n) is 5.08. The van der Waals surface area contributed by atoms with E-state index in [0.29, 0.717) is 42.8 Å². The average molecular weight is 414 g/mol. The van der Waals surface area contributed by atoms with Crippen molar-refractivity contribution < 1.29 is 13.5 Å². The molecule has 3 heterocycles. The van der Waals surface area contributed by atoms with Crippen LogP contribution in [0.2, 0.25) is 0 Å². The molecule has 1 aliphatic carbocycles. The lowest BCUT2D eigenvalue weighted by atomic mass is 9.94. The van der Waals surface area contributed by atoms with Crippen molar-refractivity contribution in [3.63, 3.8) is 0 Å². The van der Waals surface area contributed by atoms with Crippen LogP contribution < -0.4 is 4.72 Å². The van der Waals surface area contributed by atoms with Crippen molar-refractivity contribution in [1.82, 2.24) is 24.7 Å². The first-order valence-electron chi connectivity index (χ1n) is 9.55. The predicted molar refractivity (Wildman–Crippen MR) is 108 cm³/mol. The number of nitrogens with zero attached hydrogens (tertiary/aromatic N) is 3. The summed E-state index contributed by atoms with van der Waals surface area (Å²) in [5, 5.41) is 9.61. The first kappa shape index (κ1) is 19.7. The lowest BCUT2D eigenvalue weighted by Gasteiger charge is -2.25. The third kappa shape index (κ3) is 4.52. The van der Waals surface area contributed by atoms with Gasteiger partial charge in [0.15, 0.2) is 5.82 Å². The van der Waals surface area contributed by atoms with Crippen molar-refractivity contribution in [3.05, 3.63) is 48.7 Å². The van der Waals surface area contributed by atoms with E-state index >= 15 is 0 Å². The van der Waals surface area contributed by atoms with Crippen molar-refractivity contribution in [1.29, 1.82) is 0 Å². The van der Waals surface area contributed by atoms with Crippen molar-refractivity contribution in [2.45, 2.75) is 49.6 Å². The Bertz CT molecular complexity index is 1100. The van der Waals surface area contributed by atoms with Gasteiger partial charge in [0.05, 0.1) is 11.8 Å². The lowest BCUT2D eigenvalue weighted by Crippen LogP contribution is -2.38. The van der Waals surface area contributed by atoms with Crippen LogP contribution in [0.5, 0.6) is 0 Å². The zero-order chi connectivity index (χ0) is 20.4. The summed E-state index contributed by atoms with van der Waals surface area (Å²) in [6.45, 7) is 1.89. The molecular formula is C20H23N5O3S. The van der Waals surface area contributed by atoms with E-state index in [1.54, 1.807) is 24.7 Å². The molecule has 0 bridgehead atoms. The van der Waals surface area contributed by atoms with Crippen molar-refractivity contribution in [2.75, 3.05) is 0 Å². The number of hydrogen-bond donors (Lipinski definition) is 3. The SMILES string of the molecule is Cc1c[nH]c(-c2cc(-c3cncc(S(=O)(=O)N[C@H]4CC[C@H](O)CC4)c3)ccn2)n1. The van der Waals surface area contributed by atoms with E-state index in [-0.39, 0.29) is 17.0 Å². The molecule has 1 fully saturated rings. The van der Waals surface area contributed by atoms with Crippen LogP contribution in [-0.4, -0.2) is 45.6 Å². The summed E-state index contributed by atoms with van der Waals surface area (Å²) in [7, 11) is -3.70. The van der Waals surface area contributed by atoms with Crippen LogP contribution in [0.3, 0.4) is 0 Å². The highest BCUT2D eigenvalue weighted by Gasteiger charge is 2.25. The molecule has 0 amide bonds. The molecule has 8 nitrogen and oxygen atoms in total. The monoisotopic (exact) mass is 413 g/mol. The maximum atomic E-state index is 12.8. The lowest BCUT2D eigenvalue weighted by molar-refractivity contribution is 0.120. The van der Waals surface area contributed by atoms with Gasteiger partial charge in [-0.05, 0) is 56.4 Å². The highest BCUT2D eigenvalue weighted by atomic mass is 32.2. The number of pyridine rings is 2. The number of aliphatic hydroxyl groups is 1. The van der Waals surface area contributed by atoms with Crippen LogP contribution in [0.15, 0.2) is 47.9 Å². The maximum absolute atomic E-state index is 12.8. The Hall–Kier alpha value is -2.62. The number of imidazole rings is 1. The van der Waals surface area contributed by atoms with Gasteiger partial charge in [0.2, 0.25) is 10.0 Å². The molecule has 1 saturated carbocycles. The molecule has 0 spiro atoms. The molecular weight excluding hydrogens is 390 g/mol. The van der Waals surface area contributed by atoms with Gasteiger partial charge in [0, 0.05) is 36.4 Å². The Kier molecular flexibility index (Phi) is 5.44. The minimum absolute atomic E-state index is 0.119. The van der Waals surface area contributed by atoms with Gasteiger partial charge in [0.25, 0.3) is 0 Å². The molecule has 3 aromatic rings. The topological polar surface area (TPSA) is 121 Å². The molecule has 3 aromatic heterocycles. The van der Waals surface area contributed by atoms with E-state index in [2.05, 4.69) is 24.7 Å². The average Bonchev–Trinajstić information content (AvgIpc) is 3.16. The zero-order valence-corrected chi connectivity index (χ0v) is 16.9. The Balaban J connectivity index is 1.59. The Morgan fingerprint density at radius 1 is 1.14 bits per heavy atom. The smallest absolute Gasteiger partial charge is 0.242 e. The molecule has 29 heavy (non-hydrogen) atoms. The van der Waals surface area contributed by atoms with E-state index in [4.69, 9.17) is 0 Å². The molecule has 0 aromatic carbocycles. The van der Waals surface area contributed by atoms with Crippen LogP contribution in [0.25, 0.3) is 22.6 Å². The van der Waals surface area contributed by atoms with E-state index in [9.17, 15) is 13.5 Å². The Morgan fingerprint density at radius 3 is 2.66 bits per heavy atom. The highest BCUT2D eigenvalue weighted by molar-refractivity contribution is 7.89. The molecule has 0 unspecified atom stereocenters. The Morgan fingerprint density at radius 2 is 1.93 bits per heavy atom. The molecule has 152 valence electrons. The van der Waals surface area contributed by atoms with Crippen molar-refractivity contribution in [2.24, 2.45) is 0 Å². The predicted octanol–water partition coefficient (Wildman–Crippen LogP) is 2.42. The number of aryl methyl sites for hydroxylation is 1. The molecule has 4 rings (SSSR count). The number of aliphatic hydroxyl groups excluding tert-OH is 1. The molecule has 0 saturated heterocycles. The standard InChI is InChI=1S/C20H23N5O3S/c1-13-10-23-20(24-13)19-9-14(6-7-22-19)15-8-18(12-21-11-15)29(27,28)25-16-2-4-17(26)5-3-16/h6-12,16-17,25-26H,2-5H2,1H3,(H,23,24)/t16-,17-. The maximum Gasteiger partial charge on any atom is 0.242 e. The molecule has 1 aliphatic rings. The van der Waals surface area contributed by atoms with Crippen LogP contribution in [0, 0.1) is 6.92 Å². The molecule has 0 atom stereocenters. The summed E-state index contributed by atoms with van der Waals surface area (Å²) in [5.74, 6) is 0.655. The number of H-pyrrole nitrogens is 1. The zero-order valence-electron chi connectivity index (χ0n) is 16.0. The number of hydrogen-bond acceptors (Lipinski definition) is 6. The van der Waals surface area contributed by atoms with Crippen LogP contribution in [0.1, 0.15) is 31.4 Å².